The molecule has 0 fully saturated rings. The van der Waals surface area contributed by atoms with Crippen LogP contribution in [0.5, 0.6) is 0 Å². The summed E-state index contributed by atoms with van der Waals surface area (Å²) >= 11 is 12.3. The molecular formula is C25H33Cl2N3O4S. The third-order valence-corrected chi connectivity index (χ3v) is 7.32. The zero-order chi connectivity index (χ0) is 26.0. The van der Waals surface area contributed by atoms with E-state index >= 15 is 0 Å². The smallest absolute Gasteiger partial charge is 0.242 e. The molecule has 1 atom stereocenters. The highest BCUT2D eigenvalue weighted by Gasteiger charge is 2.29. The van der Waals surface area contributed by atoms with Crippen LogP contribution in [0.15, 0.2) is 48.5 Å². The maximum absolute atomic E-state index is 13.4. The van der Waals surface area contributed by atoms with Gasteiger partial charge >= 0.3 is 0 Å². The maximum atomic E-state index is 13.4. The predicted octanol–water partition coefficient (Wildman–Crippen LogP) is 4.87. The van der Waals surface area contributed by atoms with E-state index in [4.69, 9.17) is 23.2 Å². The van der Waals surface area contributed by atoms with Gasteiger partial charge in [-0.1, -0.05) is 55.2 Å². The number of rotatable bonds is 13. The van der Waals surface area contributed by atoms with Gasteiger partial charge < -0.3 is 10.2 Å². The van der Waals surface area contributed by atoms with Crippen LogP contribution in [-0.4, -0.2) is 50.5 Å². The number of hydrogen-bond acceptors (Lipinski definition) is 4. The molecular weight excluding hydrogens is 509 g/mol. The number of halogens is 2. The standard InChI is InChI=1S/C25H33Cl2N3O4S/c1-4-16-28-25(32)23(5-2)29(18-19-9-6-7-10-22(19)27)24(31)11-8-17-30(35(3,33)34)21-14-12-20(26)13-15-21/h6-7,9-10,12-15,23H,4-5,8,11,16-18H2,1-3H3,(H,28,32)/t23-/m1/s1. The first kappa shape index (κ1) is 28.9. The molecule has 0 aromatic heterocycles. The summed E-state index contributed by atoms with van der Waals surface area (Å²) in [6.45, 7) is 4.64. The Morgan fingerprint density at radius 3 is 2.26 bits per heavy atom. The molecule has 0 heterocycles. The molecule has 0 aliphatic heterocycles. The second-order valence-electron chi connectivity index (χ2n) is 8.24. The van der Waals surface area contributed by atoms with Gasteiger partial charge in [-0.05, 0) is 55.2 Å². The van der Waals surface area contributed by atoms with Crippen LogP contribution in [0.25, 0.3) is 0 Å². The van der Waals surface area contributed by atoms with Gasteiger partial charge in [-0.25, -0.2) is 8.42 Å². The predicted molar refractivity (Wildman–Crippen MR) is 142 cm³/mol. The summed E-state index contributed by atoms with van der Waals surface area (Å²) in [4.78, 5) is 27.8. The summed E-state index contributed by atoms with van der Waals surface area (Å²) in [5.41, 5.74) is 1.21. The first-order valence-corrected chi connectivity index (χ1v) is 14.2. The zero-order valence-electron chi connectivity index (χ0n) is 20.3. The SMILES string of the molecule is CCCNC(=O)[C@@H](CC)N(Cc1ccccc1Cl)C(=O)CCCN(c1ccc(Cl)cc1)S(C)(=O)=O. The lowest BCUT2D eigenvalue weighted by molar-refractivity contribution is -0.141. The molecule has 0 saturated heterocycles. The van der Waals surface area contributed by atoms with Gasteiger partial charge in [-0.2, -0.15) is 0 Å². The third-order valence-electron chi connectivity index (χ3n) is 5.50. The second-order valence-corrected chi connectivity index (χ2v) is 11.0. The molecule has 10 heteroatoms. The molecule has 0 saturated carbocycles. The highest BCUT2D eigenvalue weighted by molar-refractivity contribution is 7.92. The van der Waals surface area contributed by atoms with Gasteiger partial charge in [0.15, 0.2) is 0 Å². The molecule has 35 heavy (non-hydrogen) atoms. The molecule has 2 amide bonds. The lowest BCUT2D eigenvalue weighted by atomic mass is 10.1. The van der Waals surface area contributed by atoms with Crippen molar-refractivity contribution in [1.82, 2.24) is 10.2 Å². The lowest BCUT2D eigenvalue weighted by Crippen LogP contribution is -2.49. The van der Waals surface area contributed by atoms with Crippen LogP contribution in [0.2, 0.25) is 10.0 Å². The number of amides is 2. The first-order chi connectivity index (χ1) is 16.6. The van der Waals surface area contributed by atoms with Crippen LogP contribution >= 0.6 is 23.2 Å². The number of anilines is 1. The molecule has 0 aliphatic carbocycles. The largest absolute Gasteiger partial charge is 0.354 e. The molecule has 2 aromatic rings. The van der Waals surface area contributed by atoms with Crippen molar-refractivity contribution in [2.75, 3.05) is 23.7 Å². The number of nitrogens with zero attached hydrogens (tertiary/aromatic N) is 2. The Labute approximate surface area is 218 Å². The van der Waals surface area contributed by atoms with Gasteiger partial charge in [0.1, 0.15) is 6.04 Å². The minimum atomic E-state index is -3.56. The molecule has 2 rings (SSSR count). The van der Waals surface area contributed by atoms with Crippen LogP contribution in [0.3, 0.4) is 0 Å². The van der Waals surface area contributed by atoms with Gasteiger partial charge in [-0.3, -0.25) is 13.9 Å². The zero-order valence-corrected chi connectivity index (χ0v) is 22.7. The number of carbonyl (C=O) groups is 2. The Balaban J connectivity index is 2.20. The number of nitrogens with one attached hydrogen (secondary N) is 1. The molecule has 0 radical (unpaired) electrons. The maximum Gasteiger partial charge on any atom is 0.242 e. The van der Waals surface area contributed by atoms with Crippen LogP contribution in [0.1, 0.15) is 45.1 Å². The second kappa shape index (κ2) is 13.7. The fourth-order valence-corrected chi connectivity index (χ4v) is 4.99. The van der Waals surface area contributed by atoms with Crippen molar-refractivity contribution in [3.63, 3.8) is 0 Å². The van der Waals surface area contributed by atoms with Gasteiger partial charge in [0.2, 0.25) is 21.8 Å². The normalized spacial score (nSPS) is 12.1. The summed E-state index contributed by atoms with van der Waals surface area (Å²) in [6, 6.07) is 13.0. The number of hydrogen-bond donors (Lipinski definition) is 1. The molecule has 7 nitrogen and oxygen atoms in total. The quantitative estimate of drug-likeness (QED) is 0.391. The Kier molecular flexibility index (Phi) is 11.3. The molecule has 192 valence electrons. The fourth-order valence-electron chi connectivity index (χ4n) is 3.71. The summed E-state index contributed by atoms with van der Waals surface area (Å²) in [5, 5.41) is 3.89. The molecule has 0 spiro atoms. The monoisotopic (exact) mass is 541 g/mol. The number of benzene rings is 2. The van der Waals surface area contributed by atoms with E-state index < -0.39 is 16.1 Å². The van der Waals surface area contributed by atoms with Gasteiger partial charge in [0.25, 0.3) is 0 Å². The minimum Gasteiger partial charge on any atom is -0.354 e. The molecule has 2 aromatic carbocycles. The Morgan fingerprint density at radius 1 is 1.03 bits per heavy atom. The average Bonchev–Trinajstić information content (AvgIpc) is 2.81. The van der Waals surface area contributed by atoms with Gasteiger partial charge in [0, 0.05) is 36.1 Å². The number of carbonyl (C=O) groups excluding carboxylic acids is 2. The van der Waals surface area contributed by atoms with E-state index in [2.05, 4.69) is 5.32 Å². The summed E-state index contributed by atoms with van der Waals surface area (Å²) in [5.74, 6) is -0.457. The van der Waals surface area contributed by atoms with Crippen LogP contribution in [0.4, 0.5) is 5.69 Å². The van der Waals surface area contributed by atoms with Crippen molar-refractivity contribution >= 4 is 50.7 Å². The van der Waals surface area contributed by atoms with E-state index in [1.165, 1.54) is 4.31 Å². The lowest BCUT2D eigenvalue weighted by Gasteiger charge is -2.31. The van der Waals surface area contributed by atoms with Crippen molar-refractivity contribution in [2.45, 2.75) is 52.1 Å². The third kappa shape index (κ3) is 8.70. The number of sulfonamides is 1. The van der Waals surface area contributed by atoms with E-state index in [0.717, 1.165) is 18.2 Å². The molecule has 1 N–H and O–H groups in total. The minimum absolute atomic E-state index is 0.0711. The van der Waals surface area contributed by atoms with Gasteiger partial charge in [0.05, 0.1) is 11.9 Å². The Bertz CT molecular complexity index is 1090. The topological polar surface area (TPSA) is 86.8 Å². The molecule has 0 aliphatic rings. The highest BCUT2D eigenvalue weighted by atomic mass is 35.5. The van der Waals surface area contributed by atoms with E-state index in [-0.39, 0.29) is 37.7 Å². The van der Waals surface area contributed by atoms with E-state index in [9.17, 15) is 18.0 Å². The van der Waals surface area contributed by atoms with Gasteiger partial charge in [-0.15, -0.1) is 0 Å². The molecule has 0 unspecified atom stereocenters. The van der Waals surface area contributed by atoms with E-state index in [0.29, 0.717) is 28.7 Å². The van der Waals surface area contributed by atoms with Crippen molar-refractivity contribution in [2.24, 2.45) is 0 Å². The summed E-state index contributed by atoms with van der Waals surface area (Å²) in [7, 11) is -3.56. The Hall–Kier alpha value is -2.29. The van der Waals surface area contributed by atoms with Crippen LogP contribution < -0.4 is 9.62 Å². The molecule has 0 bridgehead atoms. The van der Waals surface area contributed by atoms with Crippen LogP contribution in [-0.2, 0) is 26.2 Å². The highest BCUT2D eigenvalue weighted by Crippen LogP contribution is 2.23. The van der Waals surface area contributed by atoms with Crippen molar-refractivity contribution < 1.29 is 18.0 Å². The Morgan fingerprint density at radius 2 is 1.69 bits per heavy atom. The van der Waals surface area contributed by atoms with E-state index in [1.807, 2.05) is 26.0 Å². The van der Waals surface area contributed by atoms with Crippen molar-refractivity contribution in [1.29, 1.82) is 0 Å². The summed E-state index contributed by atoms with van der Waals surface area (Å²) < 4.78 is 26.0. The van der Waals surface area contributed by atoms with Crippen molar-refractivity contribution in [3.05, 3.63) is 64.1 Å². The van der Waals surface area contributed by atoms with Crippen LogP contribution in [0, 0.1) is 0 Å². The first-order valence-electron chi connectivity index (χ1n) is 11.6. The van der Waals surface area contributed by atoms with Crippen molar-refractivity contribution in [3.8, 4) is 0 Å². The fraction of sp³-hybridized carbons (Fsp3) is 0.440. The van der Waals surface area contributed by atoms with E-state index in [1.54, 1.807) is 41.3 Å². The average molecular weight is 543 g/mol. The summed E-state index contributed by atoms with van der Waals surface area (Å²) in [6.07, 6.45) is 2.69.